The Hall–Kier alpha value is -1.49. The fourth-order valence-electron chi connectivity index (χ4n) is 2.57. The van der Waals surface area contributed by atoms with Crippen molar-refractivity contribution in [2.75, 3.05) is 11.4 Å². The molecule has 0 amide bonds. The summed E-state index contributed by atoms with van der Waals surface area (Å²) in [7, 11) is 0. The molecule has 84 valence electrons. The SMILES string of the molecule is CCC1CCCN1c1ccc(C)cc1C#N. The van der Waals surface area contributed by atoms with Crippen LogP contribution in [0.1, 0.15) is 37.3 Å². The molecule has 0 radical (unpaired) electrons. The van der Waals surface area contributed by atoms with E-state index in [-0.39, 0.29) is 0 Å². The van der Waals surface area contributed by atoms with Crippen LogP contribution in [0.4, 0.5) is 5.69 Å². The Morgan fingerprint density at radius 1 is 1.50 bits per heavy atom. The molecule has 1 aliphatic heterocycles. The number of hydrogen-bond donors (Lipinski definition) is 0. The van der Waals surface area contributed by atoms with E-state index in [1.807, 2.05) is 13.0 Å². The summed E-state index contributed by atoms with van der Waals surface area (Å²) in [5, 5.41) is 9.19. The van der Waals surface area contributed by atoms with Crippen molar-refractivity contribution in [3.05, 3.63) is 29.3 Å². The van der Waals surface area contributed by atoms with E-state index < -0.39 is 0 Å². The van der Waals surface area contributed by atoms with Crippen LogP contribution < -0.4 is 4.90 Å². The van der Waals surface area contributed by atoms with Crippen molar-refractivity contribution in [1.29, 1.82) is 5.26 Å². The van der Waals surface area contributed by atoms with Gasteiger partial charge in [0, 0.05) is 12.6 Å². The molecule has 0 N–H and O–H groups in total. The van der Waals surface area contributed by atoms with Gasteiger partial charge in [-0.05, 0) is 43.9 Å². The molecule has 0 saturated carbocycles. The van der Waals surface area contributed by atoms with E-state index in [4.69, 9.17) is 0 Å². The zero-order chi connectivity index (χ0) is 11.5. The molecule has 2 heteroatoms. The average molecular weight is 214 g/mol. The summed E-state index contributed by atoms with van der Waals surface area (Å²) < 4.78 is 0. The van der Waals surface area contributed by atoms with Crippen LogP contribution in [0.5, 0.6) is 0 Å². The molecule has 1 heterocycles. The van der Waals surface area contributed by atoms with Gasteiger partial charge in [-0.3, -0.25) is 0 Å². The predicted molar refractivity (Wildman–Crippen MR) is 66.6 cm³/mol. The van der Waals surface area contributed by atoms with Gasteiger partial charge >= 0.3 is 0 Å². The van der Waals surface area contributed by atoms with Crippen LogP contribution >= 0.6 is 0 Å². The molecule has 0 spiro atoms. The van der Waals surface area contributed by atoms with Gasteiger partial charge < -0.3 is 4.90 Å². The van der Waals surface area contributed by atoms with Gasteiger partial charge in [0.05, 0.1) is 11.3 Å². The Morgan fingerprint density at radius 2 is 2.31 bits per heavy atom. The van der Waals surface area contributed by atoms with Crippen molar-refractivity contribution in [1.82, 2.24) is 0 Å². The highest BCUT2D eigenvalue weighted by Gasteiger charge is 2.24. The first kappa shape index (κ1) is 11.0. The second-order valence-electron chi connectivity index (χ2n) is 4.53. The molecule has 1 unspecified atom stereocenters. The van der Waals surface area contributed by atoms with Crippen molar-refractivity contribution in [3.63, 3.8) is 0 Å². The number of aryl methyl sites for hydroxylation is 1. The van der Waals surface area contributed by atoms with E-state index in [2.05, 4.69) is 30.0 Å². The maximum absolute atomic E-state index is 9.19. The van der Waals surface area contributed by atoms with Crippen molar-refractivity contribution in [2.45, 2.75) is 39.2 Å². The van der Waals surface area contributed by atoms with Crippen molar-refractivity contribution < 1.29 is 0 Å². The molecule has 2 rings (SSSR count). The standard InChI is InChI=1S/C14H18N2/c1-3-13-5-4-8-16(13)14-7-6-11(2)9-12(14)10-15/h6-7,9,13H,3-5,8H2,1-2H3. The highest BCUT2D eigenvalue weighted by Crippen LogP contribution is 2.30. The molecule has 1 fully saturated rings. The molecular weight excluding hydrogens is 196 g/mol. The van der Waals surface area contributed by atoms with Crippen LogP contribution in [0.25, 0.3) is 0 Å². The van der Waals surface area contributed by atoms with Crippen molar-refractivity contribution in [2.24, 2.45) is 0 Å². The molecule has 16 heavy (non-hydrogen) atoms. The third-order valence-corrected chi connectivity index (χ3v) is 3.43. The highest BCUT2D eigenvalue weighted by atomic mass is 15.2. The normalized spacial score (nSPS) is 19.8. The van der Waals surface area contributed by atoms with E-state index in [9.17, 15) is 5.26 Å². The van der Waals surface area contributed by atoms with Crippen LogP contribution in [0.15, 0.2) is 18.2 Å². The van der Waals surface area contributed by atoms with Gasteiger partial charge in [0.2, 0.25) is 0 Å². The largest absolute Gasteiger partial charge is 0.367 e. The number of anilines is 1. The summed E-state index contributed by atoms with van der Waals surface area (Å²) in [6.07, 6.45) is 3.67. The lowest BCUT2D eigenvalue weighted by atomic mass is 10.1. The minimum absolute atomic E-state index is 0.620. The molecule has 1 aromatic rings. The third-order valence-electron chi connectivity index (χ3n) is 3.43. The lowest BCUT2D eigenvalue weighted by Crippen LogP contribution is -2.29. The van der Waals surface area contributed by atoms with Gasteiger partial charge in [0.25, 0.3) is 0 Å². The fraction of sp³-hybridized carbons (Fsp3) is 0.500. The first-order valence-electron chi connectivity index (χ1n) is 6.03. The lowest BCUT2D eigenvalue weighted by molar-refractivity contribution is 0.645. The molecule has 2 nitrogen and oxygen atoms in total. The van der Waals surface area contributed by atoms with Crippen LogP contribution in [-0.2, 0) is 0 Å². The predicted octanol–water partition coefficient (Wildman–Crippen LogP) is 3.25. The molecule has 1 saturated heterocycles. The Labute approximate surface area is 97.5 Å². The molecule has 0 aromatic heterocycles. The minimum Gasteiger partial charge on any atom is -0.367 e. The van der Waals surface area contributed by atoms with E-state index in [0.29, 0.717) is 6.04 Å². The van der Waals surface area contributed by atoms with Crippen molar-refractivity contribution >= 4 is 5.69 Å². The molecule has 1 aliphatic rings. The monoisotopic (exact) mass is 214 g/mol. The second-order valence-corrected chi connectivity index (χ2v) is 4.53. The summed E-state index contributed by atoms with van der Waals surface area (Å²) >= 11 is 0. The fourth-order valence-corrected chi connectivity index (χ4v) is 2.57. The molecular formula is C14H18N2. The van der Waals surface area contributed by atoms with Crippen LogP contribution in [0.2, 0.25) is 0 Å². The molecule has 1 atom stereocenters. The Bertz CT molecular complexity index is 417. The summed E-state index contributed by atoms with van der Waals surface area (Å²) in [6.45, 7) is 5.35. The summed E-state index contributed by atoms with van der Waals surface area (Å²) in [5.41, 5.74) is 3.10. The first-order valence-corrected chi connectivity index (χ1v) is 6.03. The Balaban J connectivity index is 2.36. The molecule has 0 aliphatic carbocycles. The van der Waals surface area contributed by atoms with Crippen LogP contribution in [-0.4, -0.2) is 12.6 Å². The van der Waals surface area contributed by atoms with Crippen LogP contribution in [0, 0.1) is 18.3 Å². The Morgan fingerprint density at radius 3 is 3.00 bits per heavy atom. The van der Waals surface area contributed by atoms with Gasteiger partial charge in [0.15, 0.2) is 0 Å². The summed E-state index contributed by atoms with van der Waals surface area (Å²) in [6, 6.07) is 9.12. The number of nitrogens with zero attached hydrogens (tertiary/aromatic N) is 2. The van der Waals surface area contributed by atoms with Gasteiger partial charge in [-0.1, -0.05) is 13.0 Å². The zero-order valence-electron chi connectivity index (χ0n) is 10.0. The summed E-state index contributed by atoms with van der Waals surface area (Å²) in [5.74, 6) is 0. The maximum Gasteiger partial charge on any atom is 0.101 e. The maximum atomic E-state index is 9.19. The minimum atomic E-state index is 0.620. The van der Waals surface area contributed by atoms with E-state index >= 15 is 0 Å². The number of nitriles is 1. The number of benzene rings is 1. The van der Waals surface area contributed by atoms with E-state index in [1.165, 1.54) is 19.3 Å². The number of hydrogen-bond acceptors (Lipinski definition) is 2. The summed E-state index contributed by atoms with van der Waals surface area (Å²) in [4.78, 5) is 2.40. The van der Waals surface area contributed by atoms with Gasteiger partial charge in [-0.15, -0.1) is 0 Å². The quantitative estimate of drug-likeness (QED) is 0.755. The third kappa shape index (κ3) is 1.90. The smallest absolute Gasteiger partial charge is 0.101 e. The molecule has 0 bridgehead atoms. The average Bonchev–Trinajstić information content (AvgIpc) is 2.76. The highest BCUT2D eigenvalue weighted by molar-refractivity contribution is 5.61. The number of rotatable bonds is 2. The van der Waals surface area contributed by atoms with Crippen LogP contribution in [0.3, 0.4) is 0 Å². The van der Waals surface area contributed by atoms with Gasteiger partial charge in [-0.25, -0.2) is 0 Å². The topological polar surface area (TPSA) is 27.0 Å². The lowest BCUT2D eigenvalue weighted by Gasteiger charge is -2.26. The van der Waals surface area contributed by atoms with Crippen molar-refractivity contribution in [3.8, 4) is 6.07 Å². The zero-order valence-corrected chi connectivity index (χ0v) is 10.0. The second kappa shape index (κ2) is 4.57. The first-order chi connectivity index (χ1) is 7.76. The van der Waals surface area contributed by atoms with Gasteiger partial charge in [-0.2, -0.15) is 5.26 Å². The molecule has 1 aromatic carbocycles. The van der Waals surface area contributed by atoms with E-state index in [1.54, 1.807) is 0 Å². The Kier molecular flexibility index (Phi) is 3.14. The van der Waals surface area contributed by atoms with E-state index in [0.717, 1.165) is 23.4 Å². The van der Waals surface area contributed by atoms with Gasteiger partial charge in [0.1, 0.15) is 6.07 Å².